The molecule has 0 atom stereocenters. The van der Waals surface area contributed by atoms with Gasteiger partial charge in [-0.25, -0.2) is 19.4 Å². The molecule has 7 nitrogen and oxygen atoms in total. The minimum absolute atomic E-state index is 0.300. The fourth-order valence-corrected chi connectivity index (χ4v) is 2.70. The lowest BCUT2D eigenvalue weighted by Gasteiger charge is -2.32. The number of aromatic nitrogens is 2. The van der Waals surface area contributed by atoms with Gasteiger partial charge < -0.3 is 21.4 Å². The van der Waals surface area contributed by atoms with Crippen molar-refractivity contribution in [1.29, 1.82) is 0 Å². The number of benzene rings is 1. The Bertz CT molecular complexity index is 719. The second-order valence-corrected chi connectivity index (χ2v) is 6.55. The van der Waals surface area contributed by atoms with Crippen LogP contribution < -0.4 is 16.5 Å². The Morgan fingerprint density at radius 3 is 2.58 bits per heavy atom. The molecule has 128 valence electrons. The zero-order valence-electron chi connectivity index (χ0n) is 13.3. The summed E-state index contributed by atoms with van der Waals surface area (Å²) < 4.78 is 14.6. The molecule has 0 bridgehead atoms. The van der Waals surface area contributed by atoms with Crippen LogP contribution in [0.3, 0.4) is 0 Å². The van der Waals surface area contributed by atoms with Crippen LogP contribution in [-0.4, -0.2) is 53.1 Å². The van der Waals surface area contributed by atoms with Gasteiger partial charge in [0.1, 0.15) is 17.8 Å². The Hall–Kier alpha value is -1.97. The fraction of sp³-hybridized carbons (Fsp3) is 0.333. The molecule has 0 radical (unpaired) electrons. The smallest absolute Gasteiger partial charge is 0.169 e. The highest BCUT2D eigenvalue weighted by Crippen LogP contribution is 2.28. The zero-order valence-corrected chi connectivity index (χ0v) is 14.8. The van der Waals surface area contributed by atoms with Gasteiger partial charge in [-0.1, -0.05) is 15.9 Å². The standard InChI is InChI=1S/C15H19BrFN7/c1-23-4-6-24(7-5-23)22-15-13(18)14(19-9-20-15)21-12-3-2-10(16)8-11(12)17/h2-3,8-9H,4-7,18H2,1H3,(H2,19,20,21,22). The minimum atomic E-state index is -0.393. The molecule has 0 unspecified atom stereocenters. The number of halogens is 2. The van der Waals surface area contributed by atoms with Crippen molar-refractivity contribution < 1.29 is 4.39 Å². The quantitative estimate of drug-likeness (QED) is 0.732. The molecule has 1 saturated heterocycles. The summed E-state index contributed by atoms with van der Waals surface area (Å²) in [6.45, 7) is 3.66. The molecule has 1 fully saturated rings. The van der Waals surface area contributed by atoms with Crippen LogP contribution in [0.15, 0.2) is 29.0 Å². The van der Waals surface area contributed by atoms with E-state index < -0.39 is 5.82 Å². The number of nitrogens with two attached hydrogens (primary N) is 1. The third kappa shape index (κ3) is 3.92. The van der Waals surface area contributed by atoms with Crippen LogP contribution in [-0.2, 0) is 0 Å². The molecule has 1 aliphatic rings. The molecule has 1 aromatic heterocycles. The van der Waals surface area contributed by atoms with E-state index in [0.29, 0.717) is 27.5 Å². The molecule has 0 amide bonds. The molecule has 0 saturated carbocycles. The predicted octanol–water partition coefficient (Wildman–Crippen LogP) is 2.28. The van der Waals surface area contributed by atoms with Crippen LogP contribution in [0.4, 0.5) is 27.4 Å². The maximum atomic E-state index is 14.0. The van der Waals surface area contributed by atoms with Crippen molar-refractivity contribution >= 4 is 38.9 Å². The largest absolute Gasteiger partial charge is 0.393 e. The van der Waals surface area contributed by atoms with Crippen molar-refractivity contribution in [1.82, 2.24) is 19.9 Å². The molecular weight excluding hydrogens is 377 g/mol. The Labute approximate surface area is 148 Å². The van der Waals surface area contributed by atoms with Crippen LogP contribution in [0.25, 0.3) is 0 Å². The Morgan fingerprint density at radius 2 is 1.88 bits per heavy atom. The maximum absolute atomic E-state index is 14.0. The van der Waals surface area contributed by atoms with E-state index >= 15 is 0 Å². The van der Waals surface area contributed by atoms with Crippen LogP contribution in [0.2, 0.25) is 0 Å². The van der Waals surface area contributed by atoms with Crippen molar-refractivity contribution in [3.8, 4) is 0 Å². The zero-order chi connectivity index (χ0) is 17.1. The van der Waals surface area contributed by atoms with E-state index in [4.69, 9.17) is 5.73 Å². The summed E-state index contributed by atoms with van der Waals surface area (Å²) in [5.74, 6) is 0.480. The lowest BCUT2D eigenvalue weighted by atomic mass is 10.3. The molecule has 3 rings (SSSR count). The Morgan fingerprint density at radius 1 is 1.17 bits per heavy atom. The minimum Gasteiger partial charge on any atom is -0.393 e. The van der Waals surface area contributed by atoms with Crippen LogP contribution >= 0.6 is 15.9 Å². The van der Waals surface area contributed by atoms with Gasteiger partial charge >= 0.3 is 0 Å². The second kappa shape index (κ2) is 7.29. The summed E-state index contributed by atoms with van der Waals surface area (Å²) in [5, 5.41) is 4.97. The average molecular weight is 396 g/mol. The van der Waals surface area contributed by atoms with E-state index in [1.165, 1.54) is 12.4 Å². The first-order valence-corrected chi connectivity index (χ1v) is 8.35. The Balaban J connectivity index is 1.75. The molecule has 9 heteroatoms. The van der Waals surface area contributed by atoms with E-state index in [1.807, 2.05) is 0 Å². The van der Waals surface area contributed by atoms with Crippen LogP contribution in [0.1, 0.15) is 0 Å². The number of likely N-dealkylation sites (N-methyl/N-ethyl adjacent to an activating group) is 1. The topological polar surface area (TPSA) is 82.3 Å². The number of piperazine rings is 1. The number of hydrogen-bond donors (Lipinski definition) is 3. The monoisotopic (exact) mass is 395 g/mol. The summed E-state index contributed by atoms with van der Waals surface area (Å²) in [7, 11) is 2.09. The van der Waals surface area contributed by atoms with Gasteiger partial charge in [0.05, 0.1) is 5.69 Å². The molecule has 0 spiro atoms. The molecule has 2 aromatic rings. The Kier molecular flexibility index (Phi) is 5.12. The molecule has 1 aliphatic heterocycles. The third-order valence-corrected chi connectivity index (χ3v) is 4.33. The number of nitrogen functional groups attached to an aromatic ring is 1. The number of hydrazine groups is 1. The van der Waals surface area contributed by atoms with Gasteiger partial charge in [0.2, 0.25) is 0 Å². The summed E-state index contributed by atoms with van der Waals surface area (Å²) in [6.07, 6.45) is 1.40. The van der Waals surface area contributed by atoms with Crippen molar-refractivity contribution in [3.05, 3.63) is 34.8 Å². The summed E-state index contributed by atoms with van der Waals surface area (Å²) in [6, 6.07) is 4.74. The first-order chi connectivity index (χ1) is 11.5. The van der Waals surface area contributed by atoms with Gasteiger partial charge in [-0.15, -0.1) is 0 Å². The van der Waals surface area contributed by atoms with Gasteiger partial charge in [0, 0.05) is 30.7 Å². The average Bonchev–Trinajstić information content (AvgIpc) is 2.55. The molecule has 0 aliphatic carbocycles. The molecular formula is C15H19BrFN7. The maximum Gasteiger partial charge on any atom is 0.169 e. The molecule has 2 heterocycles. The number of nitrogens with zero attached hydrogens (tertiary/aromatic N) is 4. The summed E-state index contributed by atoms with van der Waals surface area (Å²) in [4.78, 5) is 10.6. The first kappa shape index (κ1) is 16.9. The fourth-order valence-electron chi connectivity index (χ4n) is 2.37. The van der Waals surface area contributed by atoms with Crippen molar-refractivity contribution in [3.63, 3.8) is 0 Å². The van der Waals surface area contributed by atoms with Gasteiger partial charge in [-0.05, 0) is 25.2 Å². The molecule has 4 N–H and O–H groups in total. The predicted molar refractivity (Wildman–Crippen MR) is 96.5 cm³/mol. The SMILES string of the molecule is CN1CCN(Nc2ncnc(Nc3ccc(Br)cc3F)c2N)CC1. The van der Waals surface area contributed by atoms with E-state index in [9.17, 15) is 4.39 Å². The lowest BCUT2D eigenvalue weighted by molar-refractivity contribution is 0.178. The number of nitrogens with one attached hydrogen (secondary N) is 2. The number of hydrogen-bond acceptors (Lipinski definition) is 7. The van der Waals surface area contributed by atoms with E-state index in [1.54, 1.807) is 12.1 Å². The van der Waals surface area contributed by atoms with Gasteiger partial charge in [0.25, 0.3) is 0 Å². The number of rotatable bonds is 4. The highest BCUT2D eigenvalue weighted by Gasteiger charge is 2.17. The lowest BCUT2D eigenvalue weighted by Crippen LogP contribution is -2.47. The second-order valence-electron chi connectivity index (χ2n) is 5.64. The summed E-state index contributed by atoms with van der Waals surface area (Å²) >= 11 is 3.23. The van der Waals surface area contributed by atoms with Crippen LogP contribution in [0, 0.1) is 5.82 Å². The normalized spacial score (nSPS) is 16.1. The van der Waals surface area contributed by atoms with Gasteiger partial charge in [-0.3, -0.25) is 0 Å². The van der Waals surface area contributed by atoms with Gasteiger partial charge in [0.15, 0.2) is 11.6 Å². The van der Waals surface area contributed by atoms with Crippen molar-refractivity contribution in [2.75, 3.05) is 49.7 Å². The van der Waals surface area contributed by atoms with E-state index in [2.05, 4.69) is 53.6 Å². The van der Waals surface area contributed by atoms with E-state index in [-0.39, 0.29) is 0 Å². The van der Waals surface area contributed by atoms with Crippen molar-refractivity contribution in [2.45, 2.75) is 0 Å². The first-order valence-electron chi connectivity index (χ1n) is 7.55. The molecule has 1 aromatic carbocycles. The third-order valence-electron chi connectivity index (χ3n) is 3.84. The highest BCUT2D eigenvalue weighted by molar-refractivity contribution is 9.10. The molecule has 24 heavy (non-hydrogen) atoms. The summed E-state index contributed by atoms with van der Waals surface area (Å²) in [5.41, 5.74) is 9.99. The van der Waals surface area contributed by atoms with Crippen molar-refractivity contribution in [2.24, 2.45) is 0 Å². The highest BCUT2D eigenvalue weighted by atomic mass is 79.9. The van der Waals surface area contributed by atoms with E-state index in [0.717, 1.165) is 26.2 Å². The number of anilines is 4. The van der Waals surface area contributed by atoms with Crippen LogP contribution in [0.5, 0.6) is 0 Å². The van der Waals surface area contributed by atoms with Gasteiger partial charge in [-0.2, -0.15) is 0 Å².